The zero-order valence-electron chi connectivity index (χ0n) is 10.6. The summed E-state index contributed by atoms with van der Waals surface area (Å²) in [5.41, 5.74) is 2.61. The van der Waals surface area contributed by atoms with Crippen LogP contribution in [0.2, 0.25) is 0 Å². The fourth-order valence-corrected chi connectivity index (χ4v) is 2.23. The Morgan fingerprint density at radius 1 is 1.62 bits per heavy atom. The molecule has 0 aromatic heterocycles. The lowest BCUT2D eigenvalue weighted by atomic mass is 9.76. The van der Waals surface area contributed by atoms with Crippen LogP contribution in [0.25, 0.3) is 0 Å². The third kappa shape index (κ3) is 2.72. The average Bonchev–Trinajstić information content (AvgIpc) is 2.50. The molecule has 0 amide bonds. The lowest BCUT2D eigenvalue weighted by molar-refractivity contribution is -0.105. The summed E-state index contributed by atoms with van der Waals surface area (Å²) in [5, 5.41) is 0. The van der Waals surface area contributed by atoms with Gasteiger partial charge in [0.25, 0.3) is 0 Å². The molecular weight excluding hydrogens is 196 g/mol. The Hall–Kier alpha value is -1.11. The molecule has 1 unspecified atom stereocenters. The lowest BCUT2D eigenvalue weighted by Gasteiger charge is -2.29. The summed E-state index contributed by atoms with van der Waals surface area (Å²) in [6, 6.07) is 0. The SMILES string of the molecule is C=CCC(C=O)=CCC1CC=C(C)C1(C)C. The minimum absolute atomic E-state index is 0.276. The van der Waals surface area contributed by atoms with Crippen molar-refractivity contribution in [1.29, 1.82) is 0 Å². The Morgan fingerprint density at radius 3 is 2.75 bits per heavy atom. The molecule has 0 spiro atoms. The van der Waals surface area contributed by atoms with Gasteiger partial charge in [0.05, 0.1) is 0 Å². The molecule has 0 saturated carbocycles. The fourth-order valence-electron chi connectivity index (χ4n) is 2.23. The van der Waals surface area contributed by atoms with E-state index in [0.717, 1.165) is 24.7 Å². The number of carbonyl (C=O) groups is 1. The van der Waals surface area contributed by atoms with Crippen molar-refractivity contribution < 1.29 is 4.79 Å². The van der Waals surface area contributed by atoms with E-state index in [9.17, 15) is 4.79 Å². The maximum atomic E-state index is 10.8. The van der Waals surface area contributed by atoms with E-state index in [0.29, 0.717) is 12.3 Å². The molecule has 0 bridgehead atoms. The van der Waals surface area contributed by atoms with Crippen LogP contribution in [0.3, 0.4) is 0 Å². The highest BCUT2D eigenvalue weighted by atomic mass is 16.1. The Balaban J connectivity index is 2.63. The van der Waals surface area contributed by atoms with Crippen molar-refractivity contribution in [2.24, 2.45) is 11.3 Å². The molecule has 0 radical (unpaired) electrons. The van der Waals surface area contributed by atoms with Crippen molar-refractivity contribution in [3.05, 3.63) is 36.0 Å². The van der Waals surface area contributed by atoms with Crippen molar-refractivity contribution in [2.45, 2.75) is 40.0 Å². The topological polar surface area (TPSA) is 17.1 Å². The Kier molecular flexibility index (Phi) is 4.28. The molecule has 0 N–H and O–H groups in total. The molecule has 88 valence electrons. The smallest absolute Gasteiger partial charge is 0.146 e. The first kappa shape index (κ1) is 13.0. The highest BCUT2D eigenvalue weighted by molar-refractivity contribution is 5.73. The van der Waals surface area contributed by atoms with Crippen LogP contribution in [0.4, 0.5) is 0 Å². The minimum Gasteiger partial charge on any atom is -0.298 e. The maximum Gasteiger partial charge on any atom is 0.146 e. The van der Waals surface area contributed by atoms with Crippen molar-refractivity contribution in [3.8, 4) is 0 Å². The number of aldehydes is 1. The molecule has 1 nitrogen and oxygen atoms in total. The monoisotopic (exact) mass is 218 g/mol. The molecule has 16 heavy (non-hydrogen) atoms. The number of hydrogen-bond donors (Lipinski definition) is 0. The first-order valence-corrected chi connectivity index (χ1v) is 5.94. The summed E-state index contributed by atoms with van der Waals surface area (Å²) >= 11 is 0. The van der Waals surface area contributed by atoms with E-state index in [1.165, 1.54) is 5.57 Å². The van der Waals surface area contributed by atoms with Gasteiger partial charge in [0.1, 0.15) is 6.29 Å². The summed E-state index contributed by atoms with van der Waals surface area (Å²) in [5.74, 6) is 0.632. The molecule has 1 aliphatic rings. The minimum atomic E-state index is 0.276. The molecule has 1 rings (SSSR count). The predicted molar refractivity (Wildman–Crippen MR) is 69.2 cm³/mol. The number of allylic oxidation sites excluding steroid dienone is 5. The lowest BCUT2D eigenvalue weighted by Crippen LogP contribution is -2.19. The van der Waals surface area contributed by atoms with E-state index in [-0.39, 0.29) is 5.41 Å². The van der Waals surface area contributed by atoms with E-state index in [1.54, 1.807) is 6.08 Å². The van der Waals surface area contributed by atoms with Crippen LogP contribution in [0.5, 0.6) is 0 Å². The van der Waals surface area contributed by atoms with Gasteiger partial charge in [0, 0.05) is 0 Å². The quantitative estimate of drug-likeness (QED) is 0.386. The van der Waals surface area contributed by atoms with Gasteiger partial charge in [0.2, 0.25) is 0 Å². The van der Waals surface area contributed by atoms with Crippen LogP contribution in [-0.2, 0) is 4.79 Å². The van der Waals surface area contributed by atoms with Gasteiger partial charge in [-0.05, 0) is 43.1 Å². The molecular formula is C15H22O. The summed E-state index contributed by atoms with van der Waals surface area (Å²) in [7, 11) is 0. The van der Waals surface area contributed by atoms with Crippen molar-refractivity contribution >= 4 is 6.29 Å². The first-order valence-electron chi connectivity index (χ1n) is 5.94. The van der Waals surface area contributed by atoms with Crippen LogP contribution in [-0.4, -0.2) is 6.29 Å². The van der Waals surface area contributed by atoms with Gasteiger partial charge >= 0.3 is 0 Å². The van der Waals surface area contributed by atoms with Crippen LogP contribution < -0.4 is 0 Å². The second-order valence-electron chi connectivity index (χ2n) is 5.17. The van der Waals surface area contributed by atoms with Crippen molar-refractivity contribution in [3.63, 3.8) is 0 Å². The zero-order chi connectivity index (χ0) is 12.2. The van der Waals surface area contributed by atoms with Gasteiger partial charge in [-0.2, -0.15) is 0 Å². The molecule has 1 aliphatic carbocycles. The van der Waals surface area contributed by atoms with Crippen molar-refractivity contribution in [2.75, 3.05) is 0 Å². The zero-order valence-corrected chi connectivity index (χ0v) is 10.6. The van der Waals surface area contributed by atoms with E-state index in [4.69, 9.17) is 0 Å². The molecule has 1 atom stereocenters. The summed E-state index contributed by atoms with van der Waals surface area (Å²) in [4.78, 5) is 10.8. The van der Waals surface area contributed by atoms with E-state index >= 15 is 0 Å². The highest BCUT2D eigenvalue weighted by Crippen LogP contribution is 2.44. The Bertz CT molecular complexity index is 331. The maximum absolute atomic E-state index is 10.8. The molecule has 1 heteroatoms. The van der Waals surface area contributed by atoms with Gasteiger partial charge < -0.3 is 0 Å². The van der Waals surface area contributed by atoms with Gasteiger partial charge in [-0.3, -0.25) is 4.79 Å². The van der Waals surface area contributed by atoms with Gasteiger partial charge in [-0.1, -0.05) is 37.6 Å². The second kappa shape index (κ2) is 5.29. The standard InChI is InChI=1S/C15H22O/c1-5-6-13(11-16)8-10-14-9-7-12(2)15(14,3)4/h5,7-8,11,14H,1,6,9-10H2,2-4H3. The third-order valence-corrected chi connectivity index (χ3v) is 3.94. The van der Waals surface area contributed by atoms with Gasteiger partial charge in [0.15, 0.2) is 0 Å². The van der Waals surface area contributed by atoms with Crippen LogP contribution >= 0.6 is 0 Å². The van der Waals surface area contributed by atoms with E-state index in [2.05, 4.69) is 39.5 Å². The fraction of sp³-hybridized carbons (Fsp3) is 0.533. The molecule has 0 fully saturated rings. The number of hydrogen-bond acceptors (Lipinski definition) is 1. The van der Waals surface area contributed by atoms with Crippen molar-refractivity contribution in [1.82, 2.24) is 0 Å². The van der Waals surface area contributed by atoms with Gasteiger partial charge in [-0.15, -0.1) is 6.58 Å². The van der Waals surface area contributed by atoms with Crippen LogP contribution in [0.15, 0.2) is 36.0 Å². The molecule has 0 saturated heterocycles. The average molecular weight is 218 g/mol. The molecule has 0 aromatic rings. The number of carbonyl (C=O) groups excluding carboxylic acids is 1. The number of rotatable bonds is 5. The van der Waals surface area contributed by atoms with E-state index in [1.807, 2.05) is 0 Å². The summed E-state index contributed by atoms with van der Waals surface area (Å²) in [6.07, 6.45) is 9.94. The summed E-state index contributed by atoms with van der Waals surface area (Å²) in [6.45, 7) is 10.4. The second-order valence-corrected chi connectivity index (χ2v) is 5.17. The largest absolute Gasteiger partial charge is 0.298 e. The Morgan fingerprint density at radius 2 is 2.31 bits per heavy atom. The Labute approximate surface area is 98.9 Å². The molecule has 0 heterocycles. The third-order valence-electron chi connectivity index (χ3n) is 3.94. The molecule has 0 aliphatic heterocycles. The van der Waals surface area contributed by atoms with Crippen LogP contribution in [0, 0.1) is 11.3 Å². The molecule has 0 aromatic carbocycles. The van der Waals surface area contributed by atoms with Crippen LogP contribution in [0.1, 0.15) is 40.0 Å². The first-order chi connectivity index (χ1) is 7.52. The highest BCUT2D eigenvalue weighted by Gasteiger charge is 2.33. The predicted octanol–water partition coefficient (Wildman–Crippen LogP) is 4.07. The normalized spacial score (nSPS) is 24.1. The van der Waals surface area contributed by atoms with Gasteiger partial charge in [-0.25, -0.2) is 0 Å². The summed E-state index contributed by atoms with van der Waals surface area (Å²) < 4.78 is 0. The van der Waals surface area contributed by atoms with E-state index < -0.39 is 0 Å².